The molecule has 1 aliphatic heterocycles. The van der Waals surface area contributed by atoms with Crippen LogP contribution >= 0.6 is 34.8 Å². The number of carbonyl (C=O) groups is 2. The summed E-state index contributed by atoms with van der Waals surface area (Å²) < 4.78 is 4.46. The Balaban J connectivity index is 2.67. The highest BCUT2D eigenvalue weighted by Gasteiger charge is 2.55. The lowest BCUT2D eigenvalue weighted by Crippen LogP contribution is -2.35. The fourth-order valence-electron chi connectivity index (χ4n) is 2.47. The minimum atomic E-state index is -1.72. The van der Waals surface area contributed by atoms with Gasteiger partial charge in [0, 0.05) is 0 Å². The predicted octanol–water partition coefficient (Wildman–Crippen LogP) is 3.84. The molecule has 2 rings (SSSR count). The van der Waals surface area contributed by atoms with Crippen LogP contribution in [-0.2, 0) is 14.3 Å². The zero-order valence-corrected chi connectivity index (χ0v) is 14.5. The molecule has 0 saturated carbocycles. The Hall–Kier alpha value is -1.23. The van der Waals surface area contributed by atoms with Gasteiger partial charge in [0.15, 0.2) is 4.87 Å². The predicted molar refractivity (Wildman–Crippen MR) is 87.4 cm³/mol. The van der Waals surface area contributed by atoms with Crippen LogP contribution in [0.3, 0.4) is 0 Å². The van der Waals surface area contributed by atoms with Crippen molar-refractivity contribution in [1.29, 1.82) is 0 Å². The standard InChI is InChI=1S/C15H14Cl3NO3/c1-8-5-4-6-10(9(8)2)19-11(20)7-15(18,14(21)22-3)12(19)13(16)17/h4-6H,7H2,1-3H3. The normalized spacial score (nSPS) is 21.3. The molecule has 118 valence electrons. The number of methoxy groups -OCH3 is 1. The van der Waals surface area contributed by atoms with Gasteiger partial charge in [-0.3, -0.25) is 9.69 Å². The molecule has 7 heteroatoms. The number of alkyl halides is 1. The van der Waals surface area contributed by atoms with Crippen LogP contribution in [0.1, 0.15) is 17.5 Å². The number of hydrogen-bond acceptors (Lipinski definition) is 3. The monoisotopic (exact) mass is 361 g/mol. The lowest BCUT2D eigenvalue weighted by molar-refractivity contribution is -0.143. The van der Waals surface area contributed by atoms with E-state index in [1.807, 2.05) is 19.9 Å². The molecule has 0 radical (unpaired) electrons. The fourth-order valence-corrected chi connectivity index (χ4v) is 3.43. The lowest BCUT2D eigenvalue weighted by atomic mass is 10.0. The van der Waals surface area contributed by atoms with E-state index in [-0.39, 0.29) is 22.5 Å². The largest absolute Gasteiger partial charge is 0.467 e. The van der Waals surface area contributed by atoms with Crippen LogP contribution < -0.4 is 4.90 Å². The summed E-state index contributed by atoms with van der Waals surface area (Å²) in [4.78, 5) is 24.1. The Bertz CT molecular complexity index is 683. The van der Waals surface area contributed by atoms with Gasteiger partial charge >= 0.3 is 5.97 Å². The second-order valence-electron chi connectivity index (χ2n) is 5.03. The van der Waals surface area contributed by atoms with Gasteiger partial charge in [-0.05, 0) is 31.0 Å². The number of rotatable bonds is 2. The molecule has 0 bridgehead atoms. The SMILES string of the molecule is COC(=O)C1(Cl)CC(=O)N(c2cccc(C)c2C)C1=C(Cl)Cl. The van der Waals surface area contributed by atoms with Gasteiger partial charge in [-0.2, -0.15) is 0 Å². The first kappa shape index (κ1) is 17.1. The number of nitrogens with zero attached hydrogens (tertiary/aromatic N) is 1. The van der Waals surface area contributed by atoms with Crippen molar-refractivity contribution < 1.29 is 14.3 Å². The second kappa shape index (κ2) is 6.11. The van der Waals surface area contributed by atoms with E-state index in [0.29, 0.717) is 5.69 Å². The van der Waals surface area contributed by atoms with E-state index in [2.05, 4.69) is 0 Å². The first-order chi connectivity index (χ1) is 10.2. The van der Waals surface area contributed by atoms with Crippen molar-refractivity contribution in [2.24, 2.45) is 0 Å². The van der Waals surface area contributed by atoms with Gasteiger partial charge in [-0.25, -0.2) is 4.79 Å². The summed E-state index contributed by atoms with van der Waals surface area (Å²) in [5.74, 6) is -1.15. The number of halogens is 3. The average molecular weight is 363 g/mol. The van der Waals surface area contributed by atoms with E-state index < -0.39 is 10.8 Å². The number of amides is 1. The molecular formula is C15H14Cl3NO3. The molecule has 1 aromatic carbocycles. The third kappa shape index (κ3) is 2.60. The van der Waals surface area contributed by atoms with Crippen LogP contribution in [0.2, 0.25) is 0 Å². The van der Waals surface area contributed by atoms with Gasteiger partial charge in [-0.1, -0.05) is 46.9 Å². The van der Waals surface area contributed by atoms with Gasteiger partial charge in [-0.15, -0.1) is 0 Å². The minimum absolute atomic E-state index is 0.0306. The zero-order chi connectivity index (χ0) is 16.7. The molecule has 0 spiro atoms. The number of anilines is 1. The lowest BCUT2D eigenvalue weighted by Gasteiger charge is -2.25. The molecular weight excluding hydrogens is 349 g/mol. The van der Waals surface area contributed by atoms with Crippen LogP contribution in [0, 0.1) is 13.8 Å². The Kier molecular flexibility index (Phi) is 4.76. The van der Waals surface area contributed by atoms with Gasteiger partial charge < -0.3 is 4.74 Å². The van der Waals surface area contributed by atoms with Crippen molar-refractivity contribution in [2.45, 2.75) is 25.1 Å². The molecule has 1 unspecified atom stereocenters. The number of benzene rings is 1. The van der Waals surface area contributed by atoms with E-state index in [0.717, 1.165) is 11.1 Å². The molecule has 0 aromatic heterocycles. The summed E-state index contributed by atoms with van der Waals surface area (Å²) in [6.07, 6.45) is -0.271. The van der Waals surface area contributed by atoms with Crippen molar-refractivity contribution in [3.8, 4) is 0 Å². The van der Waals surface area contributed by atoms with Gasteiger partial charge in [0.2, 0.25) is 5.91 Å². The van der Waals surface area contributed by atoms with Crippen LogP contribution in [0.25, 0.3) is 0 Å². The van der Waals surface area contributed by atoms with E-state index in [9.17, 15) is 9.59 Å². The Labute approximate surface area is 143 Å². The first-order valence-corrected chi connectivity index (χ1v) is 7.59. The molecule has 0 aliphatic carbocycles. The van der Waals surface area contributed by atoms with E-state index in [1.165, 1.54) is 12.0 Å². The molecule has 1 aromatic rings. The molecule has 1 amide bonds. The quantitative estimate of drug-likeness (QED) is 0.593. The summed E-state index contributed by atoms with van der Waals surface area (Å²) in [5.41, 5.74) is 2.47. The molecule has 1 heterocycles. The highest BCUT2D eigenvalue weighted by Crippen LogP contribution is 2.46. The zero-order valence-electron chi connectivity index (χ0n) is 12.2. The first-order valence-electron chi connectivity index (χ1n) is 6.46. The van der Waals surface area contributed by atoms with Crippen LogP contribution in [0.4, 0.5) is 5.69 Å². The summed E-state index contributed by atoms with van der Waals surface area (Å²) in [7, 11) is 1.19. The van der Waals surface area contributed by atoms with E-state index in [1.54, 1.807) is 12.1 Å². The smallest absolute Gasteiger partial charge is 0.333 e. The Morgan fingerprint density at radius 1 is 1.32 bits per heavy atom. The summed E-state index contributed by atoms with van der Waals surface area (Å²) in [5, 5.41) is 0. The number of aryl methyl sites for hydroxylation is 1. The highest BCUT2D eigenvalue weighted by molar-refractivity contribution is 6.58. The van der Waals surface area contributed by atoms with E-state index >= 15 is 0 Å². The van der Waals surface area contributed by atoms with Crippen molar-refractivity contribution in [3.05, 3.63) is 39.5 Å². The molecule has 0 N–H and O–H groups in total. The van der Waals surface area contributed by atoms with Gasteiger partial charge in [0.05, 0.1) is 24.9 Å². The summed E-state index contributed by atoms with van der Waals surface area (Å²) >= 11 is 18.2. The van der Waals surface area contributed by atoms with Crippen molar-refractivity contribution in [1.82, 2.24) is 0 Å². The Morgan fingerprint density at radius 3 is 2.50 bits per heavy atom. The maximum absolute atomic E-state index is 12.5. The van der Waals surface area contributed by atoms with Crippen LogP contribution in [-0.4, -0.2) is 23.9 Å². The highest BCUT2D eigenvalue weighted by atomic mass is 35.5. The fraction of sp³-hybridized carbons (Fsp3) is 0.333. The summed E-state index contributed by atoms with van der Waals surface area (Å²) in [6, 6.07) is 5.47. The third-order valence-electron chi connectivity index (χ3n) is 3.75. The van der Waals surface area contributed by atoms with Gasteiger partial charge in [0.1, 0.15) is 4.49 Å². The average Bonchev–Trinajstić information content (AvgIpc) is 2.73. The molecule has 1 fully saturated rings. The van der Waals surface area contributed by atoms with Crippen molar-refractivity contribution in [3.63, 3.8) is 0 Å². The molecule has 1 atom stereocenters. The van der Waals surface area contributed by atoms with Crippen molar-refractivity contribution in [2.75, 3.05) is 12.0 Å². The number of hydrogen-bond donors (Lipinski definition) is 0. The third-order valence-corrected chi connectivity index (χ3v) is 4.57. The maximum Gasteiger partial charge on any atom is 0.333 e. The topological polar surface area (TPSA) is 46.6 Å². The number of carbonyl (C=O) groups excluding carboxylic acids is 2. The molecule has 4 nitrogen and oxygen atoms in total. The van der Waals surface area contributed by atoms with E-state index in [4.69, 9.17) is 39.5 Å². The second-order valence-corrected chi connectivity index (χ2v) is 6.62. The maximum atomic E-state index is 12.5. The molecule has 1 aliphatic rings. The molecule has 1 saturated heterocycles. The molecule has 22 heavy (non-hydrogen) atoms. The van der Waals surface area contributed by atoms with Crippen LogP contribution in [0.5, 0.6) is 0 Å². The van der Waals surface area contributed by atoms with Gasteiger partial charge in [0.25, 0.3) is 0 Å². The number of esters is 1. The van der Waals surface area contributed by atoms with Crippen LogP contribution in [0.15, 0.2) is 28.4 Å². The van der Waals surface area contributed by atoms with Crippen molar-refractivity contribution >= 4 is 52.4 Å². The Morgan fingerprint density at radius 2 is 1.95 bits per heavy atom. The number of ether oxygens (including phenoxy) is 1. The minimum Gasteiger partial charge on any atom is -0.467 e. The summed E-state index contributed by atoms with van der Waals surface area (Å²) in [6.45, 7) is 3.78.